The van der Waals surface area contributed by atoms with Crippen molar-refractivity contribution in [1.82, 2.24) is 21.1 Å². The van der Waals surface area contributed by atoms with Crippen LogP contribution in [0.15, 0.2) is 34.7 Å². The first-order chi connectivity index (χ1) is 12.3. The number of morpholine rings is 1. The van der Waals surface area contributed by atoms with Gasteiger partial charge in [-0.1, -0.05) is 25.1 Å². The number of hydrazine groups is 1. The lowest BCUT2D eigenvalue weighted by Gasteiger charge is -2.32. The Bertz CT molecular complexity index is 656. The zero-order valence-corrected chi connectivity index (χ0v) is 14.8. The first-order valence-corrected chi connectivity index (χ1v) is 9.35. The van der Waals surface area contributed by atoms with Crippen LogP contribution in [0, 0.1) is 5.92 Å². The summed E-state index contributed by atoms with van der Waals surface area (Å²) in [5.74, 6) is 1.45. The molecular formula is C19H28N4O2. The van der Waals surface area contributed by atoms with Crippen LogP contribution < -0.4 is 16.2 Å². The molecule has 6 nitrogen and oxygen atoms in total. The molecule has 2 aromatic rings. The molecule has 3 atom stereocenters. The van der Waals surface area contributed by atoms with Crippen molar-refractivity contribution in [2.45, 2.75) is 19.1 Å². The maximum atomic E-state index is 6.05. The van der Waals surface area contributed by atoms with Gasteiger partial charge in [-0.25, -0.2) is 5.43 Å². The molecule has 0 aliphatic carbocycles. The van der Waals surface area contributed by atoms with Crippen LogP contribution in [0.1, 0.15) is 18.7 Å². The standard InChI is InChI=1S/C19H28N4O2/c1-2-23-7-8-24-16(13-23)12-20-10-15-11-21-22-19(15)18-9-14-5-3-4-6-17(14)25-18/h3-6,9,15-16,19-22H,2,7-8,10-13H2,1H3. The van der Waals surface area contributed by atoms with Crippen molar-refractivity contribution >= 4 is 11.0 Å². The maximum Gasteiger partial charge on any atom is 0.134 e. The van der Waals surface area contributed by atoms with E-state index in [2.05, 4.69) is 40.1 Å². The van der Waals surface area contributed by atoms with E-state index < -0.39 is 0 Å². The highest BCUT2D eigenvalue weighted by Crippen LogP contribution is 2.29. The Kier molecular flexibility index (Phi) is 5.33. The zero-order valence-electron chi connectivity index (χ0n) is 14.8. The molecule has 1 aromatic heterocycles. The van der Waals surface area contributed by atoms with Crippen LogP contribution in [0.4, 0.5) is 0 Å². The molecule has 2 aliphatic rings. The molecule has 2 saturated heterocycles. The van der Waals surface area contributed by atoms with Crippen LogP contribution in [0.5, 0.6) is 0 Å². The highest BCUT2D eigenvalue weighted by molar-refractivity contribution is 5.77. The van der Waals surface area contributed by atoms with E-state index in [0.29, 0.717) is 12.0 Å². The average Bonchev–Trinajstić information content (AvgIpc) is 3.28. The summed E-state index contributed by atoms with van der Waals surface area (Å²) in [5.41, 5.74) is 7.60. The summed E-state index contributed by atoms with van der Waals surface area (Å²) < 4.78 is 11.9. The Labute approximate surface area is 148 Å². The van der Waals surface area contributed by atoms with E-state index in [9.17, 15) is 0 Å². The summed E-state index contributed by atoms with van der Waals surface area (Å²) in [6.07, 6.45) is 0.292. The molecule has 0 amide bonds. The third kappa shape index (κ3) is 3.88. The molecule has 0 bridgehead atoms. The number of para-hydroxylation sites is 1. The van der Waals surface area contributed by atoms with Gasteiger partial charge in [-0.3, -0.25) is 10.3 Å². The van der Waals surface area contributed by atoms with Crippen LogP contribution >= 0.6 is 0 Å². The minimum absolute atomic E-state index is 0.194. The van der Waals surface area contributed by atoms with Crippen molar-refractivity contribution in [3.8, 4) is 0 Å². The molecule has 136 valence electrons. The Hall–Kier alpha value is -1.44. The average molecular weight is 344 g/mol. The predicted molar refractivity (Wildman–Crippen MR) is 98.3 cm³/mol. The van der Waals surface area contributed by atoms with Gasteiger partial charge in [-0.2, -0.15) is 0 Å². The van der Waals surface area contributed by atoms with Crippen LogP contribution in [-0.4, -0.2) is 56.9 Å². The van der Waals surface area contributed by atoms with Gasteiger partial charge in [0.05, 0.1) is 18.8 Å². The number of rotatable bonds is 6. The third-order valence-electron chi connectivity index (χ3n) is 5.29. The minimum atomic E-state index is 0.194. The van der Waals surface area contributed by atoms with Gasteiger partial charge in [0.1, 0.15) is 11.3 Å². The molecular weight excluding hydrogens is 316 g/mol. The van der Waals surface area contributed by atoms with Crippen LogP contribution in [0.2, 0.25) is 0 Å². The molecule has 3 N–H and O–H groups in total. The molecule has 0 spiro atoms. The van der Waals surface area contributed by atoms with Gasteiger partial charge < -0.3 is 14.5 Å². The third-order valence-corrected chi connectivity index (χ3v) is 5.29. The summed E-state index contributed by atoms with van der Waals surface area (Å²) >= 11 is 0. The van der Waals surface area contributed by atoms with Gasteiger partial charge in [0, 0.05) is 44.0 Å². The lowest BCUT2D eigenvalue weighted by molar-refractivity contribution is -0.0255. The van der Waals surface area contributed by atoms with Gasteiger partial charge >= 0.3 is 0 Å². The molecule has 25 heavy (non-hydrogen) atoms. The summed E-state index contributed by atoms with van der Waals surface area (Å²) in [5, 5.41) is 4.76. The monoisotopic (exact) mass is 344 g/mol. The summed E-state index contributed by atoms with van der Waals surface area (Å²) in [4.78, 5) is 2.45. The molecule has 0 saturated carbocycles. The fraction of sp³-hybridized carbons (Fsp3) is 0.579. The highest BCUT2D eigenvalue weighted by Gasteiger charge is 2.31. The number of furan rings is 1. The Morgan fingerprint density at radius 1 is 1.28 bits per heavy atom. The van der Waals surface area contributed by atoms with Crippen molar-refractivity contribution in [2.24, 2.45) is 5.92 Å². The van der Waals surface area contributed by atoms with E-state index in [1.807, 2.05) is 18.2 Å². The number of nitrogens with one attached hydrogen (secondary N) is 3. The SMILES string of the molecule is CCN1CCOC(CNCC2CNNC2c2cc3ccccc3o2)C1. The van der Waals surface area contributed by atoms with Crippen molar-refractivity contribution in [3.05, 3.63) is 36.1 Å². The number of hydrogen-bond acceptors (Lipinski definition) is 6. The van der Waals surface area contributed by atoms with Crippen LogP contribution in [0.3, 0.4) is 0 Å². The molecule has 4 rings (SSSR count). The Morgan fingerprint density at radius 3 is 3.08 bits per heavy atom. The quantitative estimate of drug-likeness (QED) is 0.738. The van der Waals surface area contributed by atoms with Crippen molar-refractivity contribution < 1.29 is 9.15 Å². The fourth-order valence-corrected chi connectivity index (χ4v) is 3.81. The second-order valence-electron chi connectivity index (χ2n) is 6.99. The van der Waals surface area contributed by atoms with E-state index in [-0.39, 0.29) is 6.04 Å². The Balaban J connectivity index is 1.32. The van der Waals surface area contributed by atoms with E-state index in [4.69, 9.17) is 9.15 Å². The van der Waals surface area contributed by atoms with Gasteiger partial charge in [0.15, 0.2) is 0 Å². The van der Waals surface area contributed by atoms with Gasteiger partial charge in [-0.15, -0.1) is 0 Å². The number of nitrogens with zero attached hydrogens (tertiary/aromatic N) is 1. The topological polar surface area (TPSA) is 61.7 Å². The first kappa shape index (κ1) is 17.0. The number of ether oxygens (including phenoxy) is 1. The largest absolute Gasteiger partial charge is 0.459 e. The summed E-state index contributed by atoms with van der Waals surface area (Å²) in [6, 6.07) is 10.5. The van der Waals surface area contributed by atoms with Crippen molar-refractivity contribution in [2.75, 3.05) is 45.9 Å². The maximum absolute atomic E-state index is 6.05. The number of hydrogen-bond donors (Lipinski definition) is 3. The normalized spacial score (nSPS) is 28.0. The number of fused-ring (bicyclic) bond motifs is 1. The highest BCUT2D eigenvalue weighted by atomic mass is 16.5. The smallest absolute Gasteiger partial charge is 0.134 e. The lowest BCUT2D eigenvalue weighted by atomic mass is 9.99. The van der Waals surface area contributed by atoms with E-state index in [0.717, 1.165) is 62.6 Å². The van der Waals surface area contributed by atoms with E-state index >= 15 is 0 Å². The molecule has 0 radical (unpaired) electrons. The van der Waals surface area contributed by atoms with Gasteiger partial charge in [-0.05, 0) is 18.7 Å². The van der Waals surface area contributed by atoms with E-state index in [1.165, 1.54) is 0 Å². The molecule has 3 heterocycles. The second-order valence-corrected chi connectivity index (χ2v) is 6.99. The van der Waals surface area contributed by atoms with Gasteiger partial charge in [0.25, 0.3) is 0 Å². The molecule has 2 aliphatic heterocycles. The van der Waals surface area contributed by atoms with Crippen LogP contribution in [-0.2, 0) is 4.74 Å². The molecule has 1 aromatic carbocycles. The predicted octanol–water partition coefficient (Wildman–Crippen LogP) is 1.51. The summed E-state index contributed by atoms with van der Waals surface area (Å²) in [7, 11) is 0. The number of likely N-dealkylation sites (N-methyl/N-ethyl adjacent to an activating group) is 1. The van der Waals surface area contributed by atoms with Crippen molar-refractivity contribution in [1.29, 1.82) is 0 Å². The molecule has 6 heteroatoms. The first-order valence-electron chi connectivity index (χ1n) is 9.35. The molecule has 2 fully saturated rings. The fourth-order valence-electron chi connectivity index (χ4n) is 3.81. The Morgan fingerprint density at radius 2 is 2.20 bits per heavy atom. The minimum Gasteiger partial charge on any atom is -0.459 e. The second kappa shape index (κ2) is 7.85. The van der Waals surface area contributed by atoms with E-state index in [1.54, 1.807) is 0 Å². The summed E-state index contributed by atoms with van der Waals surface area (Å²) in [6.45, 7) is 9.01. The zero-order chi connectivity index (χ0) is 17.1. The van der Waals surface area contributed by atoms with Crippen LogP contribution in [0.25, 0.3) is 11.0 Å². The lowest BCUT2D eigenvalue weighted by Crippen LogP contribution is -2.47. The molecule has 3 unspecified atom stereocenters. The van der Waals surface area contributed by atoms with Crippen molar-refractivity contribution in [3.63, 3.8) is 0 Å². The van der Waals surface area contributed by atoms with Gasteiger partial charge in [0.2, 0.25) is 0 Å². The number of benzene rings is 1.